The van der Waals surface area contributed by atoms with Crippen LogP contribution in [0.1, 0.15) is 65.8 Å². The summed E-state index contributed by atoms with van der Waals surface area (Å²) in [5, 5.41) is 3.28. The molecular formula is C55H49NO7Y-2. The molecule has 321 valence electrons. The summed E-state index contributed by atoms with van der Waals surface area (Å²) in [5.74, 6) is -0.851. The molecule has 0 spiro atoms. The molecular weight excluding hydrogens is 876 g/mol. The molecule has 1 saturated heterocycles. The Morgan fingerprint density at radius 3 is 1.45 bits per heavy atom. The van der Waals surface area contributed by atoms with Crippen molar-refractivity contribution >= 4 is 11.8 Å². The van der Waals surface area contributed by atoms with Crippen LogP contribution in [-0.2, 0) is 89.2 Å². The number of rotatable bonds is 16. The van der Waals surface area contributed by atoms with Crippen molar-refractivity contribution in [2.45, 2.75) is 63.4 Å². The summed E-state index contributed by atoms with van der Waals surface area (Å²) in [6.45, 7) is 1.98. The van der Waals surface area contributed by atoms with E-state index in [1.807, 2.05) is 84.9 Å². The van der Waals surface area contributed by atoms with Crippen LogP contribution in [0.5, 0.6) is 0 Å². The van der Waals surface area contributed by atoms with Crippen molar-refractivity contribution in [2.24, 2.45) is 0 Å². The first-order valence-corrected chi connectivity index (χ1v) is 21.2. The number of ether oxygens (including phenoxy) is 5. The average molecular weight is 925 g/mol. The molecule has 2 amide bonds. The molecule has 7 aromatic rings. The van der Waals surface area contributed by atoms with E-state index < -0.39 is 42.3 Å². The summed E-state index contributed by atoms with van der Waals surface area (Å²) in [5.41, 5.74) is 8.60. The third-order valence-corrected chi connectivity index (χ3v) is 10.9. The quantitative estimate of drug-likeness (QED) is 0.0704. The van der Waals surface area contributed by atoms with E-state index in [-0.39, 0.29) is 32.7 Å². The molecule has 0 N–H and O–H groups in total. The van der Waals surface area contributed by atoms with Gasteiger partial charge in [0.05, 0.1) is 44.8 Å². The Bertz CT molecular complexity index is 2460. The van der Waals surface area contributed by atoms with Crippen molar-refractivity contribution in [3.8, 4) is 0 Å². The van der Waals surface area contributed by atoms with Crippen molar-refractivity contribution in [1.29, 1.82) is 0 Å². The van der Waals surface area contributed by atoms with Crippen molar-refractivity contribution in [3.05, 3.63) is 256 Å². The van der Waals surface area contributed by atoms with Crippen LogP contribution >= 0.6 is 0 Å². The van der Waals surface area contributed by atoms with E-state index in [2.05, 4.69) is 96.3 Å². The maximum atomic E-state index is 10.9. The van der Waals surface area contributed by atoms with Gasteiger partial charge in [-0.15, -0.1) is 0 Å². The fraction of sp³-hybridized carbons (Fsp3) is 0.200. The van der Waals surface area contributed by atoms with Crippen molar-refractivity contribution in [3.63, 3.8) is 0 Å². The van der Waals surface area contributed by atoms with Gasteiger partial charge >= 0.3 is 0 Å². The smallest absolute Gasteiger partial charge is 0.117 e. The molecule has 1 fully saturated rings. The first kappa shape index (κ1) is 46.6. The van der Waals surface area contributed by atoms with Gasteiger partial charge < -0.3 is 38.6 Å². The number of hydrogen-bond donors (Lipinski definition) is 0. The zero-order chi connectivity index (χ0) is 43.1. The van der Waals surface area contributed by atoms with Crippen LogP contribution in [0.2, 0.25) is 0 Å². The van der Waals surface area contributed by atoms with Gasteiger partial charge in [-0.25, -0.2) is 0 Å². The molecule has 0 bridgehead atoms. The molecule has 2 aliphatic heterocycles. The molecule has 5 atom stereocenters. The third-order valence-electron chi connectivity index (χ3n) is 10.9. The number of benzene rings is 7. The van der Waals surface area contributed by atoms with Crippen LogP contribution < -0.4 is 0 Å². The number of imide groups is 1. The molecule has 0 aromatic heterocycles. The molecule has 0 saturated carbocycles. The van der Waals surface area contributed by atoms with Gasteiger partial charge in [-0.05, 0) is 39.8 Å². The van der Waals surface area contributed by atoms with Crippen LogP contribution in [0.15, 0.2) is 194 Å². The van der Waals surface area contributed by atoms with Crippen LogP contribution in [0.4, 0.5) is 0 Å². The average Bonchev–Trinajstić information content (AvgIpc) is 3.63. The Hall–Kier alpha value is -5.42. The molecule has 7 aromatic carbocycles. The second kappa shape index (κ2) is 24.0. The van der Waals surface area contributed by atoms with Crippen molar-refractivity contribution in [2.75, 3.05) is 6.61 Å². The molecule has 2 aliphatic rings. The normalized spacial score (nSPS) is 18.8. The zero-order valence-electron chi connectivity index (χ0n) is 35.5. The van der Waals surface area contributed by atoms with E-state index in [0.29, 0.717) is 44.2 Å². The number of carbonyl (C=O) groups is 2. The second-order valence-corrected chi connectivity index (χ2v) is 15.5. The summed E-state index contributed by atoms with van der Waals surface area (Å²) in [6.07, 6.45) is -1.55. The standard InChI is InChI=1S/C47H45O5.C8H5NO2.Y/c1-6-17-36(18-7-1)29-41-27-16-28-42(30-41)44-46(50-33-39-23-12-4-13-24-39)47(51-34-40-25-14-5-15-26-40)45(49-32-38-21-10-3-11-22-38)43(52-44)35-48-31-37-19-8-2-9-20-37;10-7-5-3-1-2-4-6(5)8(11)9-7;/h2-28,30,43-47H,29,31-35H2;1-4H,(H,9,10,11);/q-1;;/p-1/t43-,44+,45?,46+,47+;;/m1../s1. The first-order chi connectivity index (χ1) is 31.1. The predicted molar refractivity (Wildman–Crippen MR) is 242 cm³/mol. The number of amides is 2. The fourth-order valence-corrected chi connectivity index (χ4v) is 7.78. The summed E-state index contributed by atoms with van der Waals surface area (Å²) >= 11 is 0. The Morgan fingerprint density at radius 1 is 0.469 bits per heavy atom. The molecule has 0 aliphatic carbocycles. The van der Waals surface area contributed by atoms with E-state index >= 15 is 0 Å². The number of carbonyl (C=O) groups excluding carboxylic acids is 2. The Kier molecular flexibility index (Phi) is 17.5. The second-order valence-electron chi connectivity index (χ2n) is 15.5. The Morgan fingerprint density at radius 2 is 0.922 bits per heavy atom. The van der Waals surface area contributed by atoms with Gasteiger partial charge in [-0.1, -0.05) is 170 Å². The minimum atomic E-state index is -0.489. The van der Waals surface area contributed by atoms with Crippen molar-refractivity contribution < 1.29 is 66.0 Å². The molecule has 1 radical (unpaired) electrons. The molecule has 2 heterocycles. The molecule has 9 rings (SSSR count). The van der Waals surface area contributed by atoms with E-state index in [0.717, 1.165) is 34.2 Å². The zero-order valence-corrected chi connectivity index (χ0v) is 38.3. The molecule has 8 nitrogen and oxygen atoms in total. The van der Waals surface area contributed by atoms with Crippen LogP contribution in [0, 0.1) is 6.07 Å². The largest absolute Gasteiger partial charge is 0.587 e. The van der Waals surface area contributed by atoms with Gasteiger partial charge in [0.2, 0.25) is 0 Å². The van der Waals surface area contributed by atoms with Gasteiger partial charge in [-0.2, -0.15) is 35.9 Å². The van der Waals surface area contributed by atoms with Gasteiger partial charge in [0.25, 0.3) is 0 Å². The summed E-state index contributed by atoms with van der Waals surface area (Å²) in [6, 6.07) is 67.5. The minimum Gasteiger partial charge on any atom is -0.587 e. The van der Waals surface area contributed by atoms with Gasteiger partial charge in [0.1, 0.15) is 30.5 Å². The third kappa shape index (κ3) is 12.9. The first-order valence-electron chi connectivity index (χ1n) is 21.2. The SMILES string of the molecule is O=C1[N-]C(=O)c2ccccc21.[Y].[c-]1ccc(Cc2cccc([C@@H]3O[C@H](COCc4ccccc4)C(OCc4ccccc4)[C@H](OCc4ccccc4)[C@H]3OCc3ccccc3)c2)cc1. The molecule has 9 heteroatoms. The Labute approximate surface area is 400 Å². The fourth-order valence-electron chi connectivity index (χ4n) is 7.78. The monoisotopic (exact) mass is 924 g/mol. The summed E-state index contributed by atoms with van der Waals surface area (Å²) in [7, 11) is 0. The summed E-state index contributed by atoms with van der Waals surface area (Å²) in [4.78, 5) is 21.8. The molecule has 64 heavy (non-hydrogen) atoms. The maximum absolute atomic E-state index is 10.9. The minimum absolute atomic E-state index is 0. The van der Waals surface area contributed by atoms with E-state index in [1.165, 1.54) is 11.1 Å². The van der Waals surface area contributed by atoms with Crippen LogP contribution in [0.25, 0.3) is 5.32 Å². The van der Waals surface area contributed by atoms with E-state index in [9.17, 15) is 9.59 Å². The van der Waals surface area contributed by atoms with E-state index in [4.69, 9.17) is 23.7 Å². The Balaban J connectivity index is 0.000000443. The van der Waals surface area contributed by atoms with Gasteiger partial charge in [-0.3, -0.25) is 0 Å². The van der Waals surface area contributed by atoms with Gasteiger partial charge in [0.15, 0.2) is 0 Å². The number of fused-ring (bicyclic) bond motifs is 1. The topological polar surface area (TPSA) is 94.4 Å². The van der Waals surface area contributed by atoms with Crippen LogP contribution in [0.3, 0.4) is 0 Å². The van der Waals surface area contributed by atoms with E-state index in [1.54, 1.807) is 24.3 Å². The van der Waals surface area contributed by atoms with Gasteiger partial charge in [0, 0.05) is 43.8 Å². The van der Waals surface area contributed by atoms with Crippen LogP contribution in [-0.4, -0.2) is 42.8 Å². The molecule has 1 unspecified atom stereocenters. The maximum Gasteiger partial charge on any atom is 0.117 e. The number of hydrogen-bond acceptors (Lipinski definition) is 7. The predicted octanol–water partition coefficient (Wildman–Crippen LogP) is 10.8. The number of nitrogens with zero attached hydrogens (tertiary/aromatic N) is 1. The van der Waals surface area contributed by atoms with Crippen molar-refractivity contribution in [1.82, 2.24) is 0 Å². The summed E-state index contributed by atoms with van der Waals surface area (Å²) < 4.78 is 34.3.